The maximum Gasteiger partial charge on any atom is 0.0403 e. The van der Waals surface area contributed by atoms with Crippen molar-refractivity contribution in [3.8, 4) is 0 Å². The summed E-state index contributed by atoms with van der Waals surface area (Å²) in [5.41, 5.74) is 2.96. The molecule has 94 valence electrons. The number of thioether (sulfide) groups is 1. The molecule has 1 nitrogen and oxygen atoms in total. The van der Waals surface area contributed by atoms with Gasteiger partial charge in [-0.2, -0.15) is 11.8 Å². The Bertz CT molecular complexity index is 403. The fourth-order valence-corrected chi connectivity index (χ4v) is 4.10. The van der Waals surface area contributed by atoms with Gasteiger partial charge in [-0.05, 0) is 42.2 Å². The normalized spacial score (nSPS) is 23.4. The quantitative estimate of drug-likeness (QED) is 0.849. The second kappa shape index (κ2) is 5.23. The summed E-state index contributed by atoms with van der Waals surface area (Å²) in [4.78, 5) is 0. The predicted octanol–water partition coefficient (Wildman–Crippen LogP) is 4.70. The van der Waals surface area contributed by atoms with Crippen LogP contribution in [0, 0.1) is 12.3 Å². The number of halogens is 1. The Labute approximate surface area is 117 Å². The first-order valence-corrected chi connectivity index (χ1v) is 8.05. The molecule has 1 fully saturated rings. The monoisotopic (exact) mass is 313 g/mol. The van der Waals surface area contributed by atoms with Gasteiger partial charge in [0.15, 0.2) is 0 Å². The van der Waals surface area contributed by atoms with Gasteiger partial charge in [0.05, 0.1) is 0 Å². The zero-order valence-electron chi connectivity index (χ0n) is 10.7. The van der Waals surface area contributed by atoms with Crippen molar-refractivity contribution in [3.63, 3.8) is 0 Å². The van der Waals surface area contributed by atoms with E-state index in [0.717, 1.165) is 0 Å². The smallest absolute Gasteiger partial charge is 0.0403 e. The van der Waals surface area contributed by atoms with Crippen LogP contribution in [0.15, 0.2) is 22.7 Å². The number of benzene rings is 1. The van der Waals surface area contributed by atoms with Crippen molar-refractivity contribution in [2.24, 2.45) is 5.41 Å². The summed E-state index contributed by atoms with van der Waals surface area (Å²) in [5.74, 6) is 2.50. The van der Waals surface area contributed by atoms with Crippen LogP contribution in [-0.2, 0) is 0 Å². The molecule has 3 heteroatoms. The number of rotatable bonds is 2. The van der Waals surface area contributed by atoms with E-state index in [9.17, 15) is 0 Å². The van der Waals surface area contributed by atoms with Gasteiger partial charge in [-0.25, -0.2) is 0 Å². The summed E-state index contributed by atoms with van der Waals surface area (Å²) in [6, 6.07) is 6.94. The first kappa shape index (κ1) is 13.3. The highest BCUT2D eigenvalue weighted by atomic mass is 79.9. The lowest BCUT2D eigenvalue weighted by atomic mass is 9.82. The summed E-state index contributed by atoms with van der Waals surface area (Å²) < 4.78 is 1.18. The van der Waals surface area contributed by atoms with Gasteiger partial charge in [0, 0.05) is 22.0 Å². The van der Waals surface area contributed by atoms with E-state index in [2.05, 4.69) is 72.0 Å². The molecule has 1 saturated heterocycles. The van der Waals surface area contributed by atoms with Crippen LogP contribution in [0.1, 0.15) is 25.8 Å². The maximum atomic E-state index is 3.73. The zero-order valence-corrected chi connectivity index (χ0v) is 13.1. The molecular weight excluding hydrogens is 294 g/mol. The summed E-state index contributed by atoms with van der Waals surface area (Å²) in [7, 11) is 0. The SMILES string of the molecule is Cc1c(Br)cccc1NC1CSCCC1(C)C. The fourth-order valence-electron chi connectivity index (χ4n) is 2.12. The summed E-state index contributed by atoms with van der Waals surface area (Å²) in [6.07, 6.45) is 1.29. The molecule has 0 radical (unpaired) electrons. The van der Waals surface area contributed by atoms with E-state index in [4.69, 9.17) is 0 Å². The molecule has 1 aromatic carbocycles. The van der Waals surface area contributed by atoms with E-state index in [1.807, 2.05) is 0 Å². The molecule has 0 saturated carbocycles. The summed E-state index contributed by atoms with van der Waals surface area (Å²) >= 11 is 5.65. The van der Waals surface area contributed by atoms with Crippen LogP contribution in [0.3, 0.4) is 0 Å². The molecule has 17 heavy (non-hydrogen) atoms. The molecule has 1 aliphatic rings. The van der Waals surface area contributed by atoms with Gasteiger partial charge >= 0.3 is 0 Å². The molecule has 1 aromatic rings. The van der Waals surface area contributed by atoms with Gasteiger partial charge < -0.3 is 5.32 Å². The molecule has 0 bridgehead atoms. The molecule has 1 atom stereocenters. The third kappa shape index (κ3) is 3.00. The van der Waals surface area contributed by atoms with Crippen molar-refractivity contribution in [1.29, 1.82) is 0 Å². The largest absolute Gasteiger partial charge is 0.381 e. The lowest BCUT2D eigenvalue weighted by molar-refractivity contribution is 0.305. The summed E-state index contributed by atoms with van der Waals surface area (Å²) in [5, 5.41) is 3.73. The van der Waals surface area contributed by atoms with Gasteiger partial charge in [0.1, 0.15) is 0 Å². The third-order valence-electron chi connectivity index (χ3n) is 3.72. The van der Waals surface area contributed by atoms with E-state index in [1.54, 1.807) is 0 Å². The molecule has 2 rings (SSSR count). The standard InChI is InChI=1S/C14H20BrNS/c1-10-11(15)5-4-6-12(10)16-13-9-17-8-7-14(13,2)3/h4-6,13,16H,7-9H2,1-3H3. The molecule has 1 N–H and O–H groups in total. The highest BCUT2D eigenvalue weighted by Crippen LogP contribution is 2.37. The van der Waals surface area contributed by atoms with Gasteiger partial charge in [0.2, 0.25) is 0 Å². The Hall–Kier alpha value is -0.150. The van der Waals surface area contributed by atoms with Crippen molar-refractivity contribution >= 4 is 33.4 Å². The minimum atomic E-state index is 0.389. The first-order valence-electron chi connectivity index (χ1n) is 6.10. The Kier molecular flexibility index (Phi) is 4.09. The molecule has 1 heterocycles. The van der Waals surface area contributed by atoms with Gasteiger partial charge in [0.25, 0.3) is 0 Å². The Balaban J connectivity index is 2.17. The average Bonchev–Trinajstić information content (AvgIpc) is 2.27. The second-order valence-corrected chi connectivity index (χ2v) is 7.43. The van der Waals surface area contributed by atoms with E-state index >= 15 is 0 Å². The van der Waals surface area contributed by atoms with E-state index in [1.165, 1.54) is 33.7 Å². The van der Waals surface area contributed by atoms with Crippen molar-refractivity contribution in [2.75, 3.05) is 16.8 Å². The van der Waals surface area contributed by atoms with Crippen LogP contribution in [-0.4, -0.2) is 17.5 Å². The number of anilines is 1. The fraction of sp³-hybridized carbons (Fsp3) is 0.571. The van der Waals surface area contributed by atoms with Crippen LogP contribution < -0.4 is 5.32 Å². The molecule has 0 spiro atoms. The van der Waals surface area contributed by atoms with E-state index in [-0.39, 0.29) is 0 Å². The molecular formula is C14H20BrNS. The lowest BCUT2D eigenvalue weighted by Crippen LogP contribution is -2.41. The van der Waals surface area contributed by atoms with Gasteiger partial charge in [-0.15, -0.1) is 0 Å². The van der Waals surface area contributed by atoms with E-state index < -0.39 is 0 Å². The number of hydrogen-bond acceptors (Lipinski definition) is 2. The van der Waals surface area contributed by atoms with E-state index in [0.29, 0.717) is 11.5 Å². The van der Waals surface area contributed by atoms with Crippen molar-refractivity contribution in [1.82, 2.24) is 0 Å². The van der Waals surface area contributed by atoms with Crippen molar-refractivity contribution < 1.29 is 0 Å². The molecule has 0 aliphatic carbocycles. The Morgan fingerprint density at radius 2 is 2.18 bits per heavy atom. The van der Waals surface area contributed by atoms with Gasteiger partial charge in [-0.3, -0.25) is 0 Å². The van der Waals surface area contributed by atoms with Crippen molar-refractivity contribution in [3.05, 3.63) is 28.2 Å². The lowest BCUT2D eigenvalue weighted by Gasteiger charge is -2.39. The Morgan fingerprint density at radius 1 is 1.41 bits per heavy atom. The molecule has 1 aliphatic heterocycles. The topological polar surface area (TPSA) is 12.0 Å². The van der Waals surface area contributed by atoms with Crippen LogP contribution >= 0.6 is 27.7 Å². The summed E-state index contributed by atoms with van der Waals surface area (Å²) in [6.45, 7) is 6.91. The third-order valence-corrected chi connectivity index (χ3v) is 5.64. The molecule has 0 amide bonds. The number of hydrogen-bond donors (Lipinski definition) is 1. The van der Waals surface area contributed by atoms with Crippen LogP contribution in [0.2, 0.25) is 0 Å². The predicted molar refractivity (Wildman–Crippen MR) is 82.0 cm³/mol. The Morgan fingerprint density at radius 3 is 2.88 bits per heavy atom. The van der Waals surface area contributed by atoms with Crippen LogP contribution in [0.25, 0.3) is 0 Å². The zero-order chi connectivity index (χ0) is 12.5. The minimum absolute atomic E-state index is 0.389. The number of nitrogens with one attached hydrogen (secondary N) is 1. The average molecular weight is 314 g/mol. The highest BCUT2D eigenvalue weighted by molar-refractivity contribution is 9.10. The van der Waals surface area contributed by atoms with Crippen molar-refractivity contribution in [2.45, 2.75) is 33.2 Å². The molecule has 0 aromatic heterocycles. The highest BCUT2D eigenvalue weighted by Gasteiger charge is 2.32. The van der Waals surface area contributed by atoms with Gasteiger partial charge in [-0.1, -0.05) is 35.8 Å². The second-order valence-electron chi connectivity index (χ2n) is 5.42. The molecule has 1 unspecified atom stereocenters. The van der Waals surface area contributed by atoms with Crippen LogP contribution in [0.4, 0.5) is 5.69 Å². The minimum Gasteiger partial charge on any atom is -0.381 e. The first-order chi connectivity index (χ1) is 8.00. The van der Waals surface area contributed by atoms with Crippen LogP contribution in [0.5, 0.6) is 0 Å². The maximum absolute atomic E-state index is 3.73.